The summed E-state index contributed by atoms with van der Waals surface area (Å²) < 4.78 is 0. The molecule has 1 aromatic carbocycles. The fraction of sp³-hybridized carbons (Fsp3) is 0.154. The van der Waals surface area contributed by atoms with Gasteiger partial charge in [-0.3, -0.25) is 5.32 Å². The molecule has 19 heavy (non-hydrogen) atoms. The highest BCUT2D eigenvalue weighted by atomic mass is 35.5. The van der Waals surface area contributed by atoms with Gasteiger partial charge in [-0.05, 0) is 44.2 Å². The highest BCUT2D eigenvalue weighted by molar-refractivity contribution is 6.30. The molecule has 0 fully saturated rings. The van der Waals surface area contributed by atoms with Crippen LogP contribution in [0.5, 0.6) is 0 Å². The zero-order valence-electron chi connectivity index (χ0n) is 10.6. The van der Waals surface area contributed by atoms with Crippen LogP contribution in [0.2, 0.25) is 5.02 Å². The number of carbonyl (C=O) groups is 1. The molecule has 2 rings (SSSR count). The maximum Gasteiger partial charge on any atom is 0.326 e. The summed E-state index contributed by atoms with van der Waals surface area (Å²) in [4.78, 5) is 20.0. The number of hydrogen-bond donors (Lipinski definition) is 2. The molecule has 1 aromatic heterocycles. The number of amides is 2. The van der Waals surface area contributed by atoms with Gasteiger partial charge in [0.2, 0.25) is 5.95 Å². The van der Waals surface area contributed by atoms with Crippen molar-refractivity contribution >= 4 is 29.3 Å². The first-order chi connectivity index (χ1) is 9.02. The van der Waals surface area contributed by atoms with Crippen LogP contribution in [-0.2, 0) is 0 Å². The van der Waals surface area contributed by atoms with E-state index in [2.05, 4.69) is 20.6 Å². The molecular weight excluding hydrogens is 264 g/mol. The molecule has 5 nitrogen and oxygen atoms in total. The van der Waals surface area contributed by atoms with Crippen LogP contribution < -0.4 is 10.6 Å². The molecule has 2 amide bonds. The molecular formula is C13H13ClN4O. The number of halogens is 1. The third kappa shape index (κ3) is 3.93. The van der Waals surface area contributed by atoms with Crippen LogP contribution in [0.15, 0.2) is 30.3 Å². The van der Waals surface area contributed by atoms with Gasteiger partial charge in [0.1, 0.15) is 0 Å². The lowest BCUT2D eigenvalue weighted by atomic mass is 10.3. The summed E-state index contributed by atoms with van der Waals surface area (Å²) in [5.41, 5.74) is 2.25. The number of hydrogen-bond acceptors (Lipinski definition) is 3. The Kier molecular flexibility index (Phi) is 3.97. The topological polar surface area (TPSA) is 66.9 Å². The average molecular weight is 277 g/mol. The van der Waals surface area contributed by atoms with Crippen LogP contribution in [-0.4, -0.2) is 16.0 Å². The fourth-order valence-corrected chi connectivity index (χ4v) is 1.70. The van der Waals surface area contributed by atoms with Gasteiger partial charge in [0.25, 0.3) is 0 Å². The van der Waals surface area contributed by atoms with E-state index in [1.807, 2.05) is 19.9 Å². The third-order valence-corrected chi connectivity index (χ3v) is 2.56. The van der Waals surface area contributed by atoms with Crippen molar-refractivity contribution in [3.8, 4) is 0 Å². The SMILES string of the molecule is Cc1cc(C)nc(NC(=O)Nc2ccc(Cl)cc2)n1. The molecule has 1 heterocycles. The van der Waals surface area contributed by atoms with Crippen molar-refractivity contribution in [3.05, 3.63) is 46.7 Å². The van der Waals surface area contributed by atoms with E-state index in [1.54, 1.807) is 24.3 Å². The number of carbonyl (C=O) groups excluding carboxylic acids is 1. The summed E-state index contributed by atoms with van der Waals surface area (Å²) in [6.07, 6.45) is 0. The normalized spacial score (nSPS) is 10.1. The number of benzene rings is 1. The maximum atomic E-state index is 11.8. The summed E-state index contributed by atoms with van der Waals surface area (Å²) >= 11 is 5.76. The van der Waals surface area contributed by atoms with Gasteiger partial charge in [-0.2, -0.15) is 0 Å². The van der Waals surface area contributed by atoms with E-state index in [0.29, 0.717) is 10.7 Å². The summed E-state index contributed by atoms with van der Waals surface area (Å²) in [6.45, 7) is 3.69. The summed E-state index contributed by atoms with van der Waals surface area (Å²) in [5, 5.41) is 5.86. The van der Waals surface area contributed by atoms with Crippen LogP contribution in [0.1, 0.15) is 11.4 Å². The molecule has 0 spiro atoms. The quantitative estimate of drug-likeness (QED) is 0.883. The van der Waals surface area contributed by atoms with Crippen LogP contribution >= 0.6 is 11.6 Å². The molecule has 0 atom stereocenters. The number of nitrogens with one attached hydrogen (secondary N) is 2. The lowest BCUT2D eigenvalue weighted by Gasteiger charge is -2.07. The Morgan fingerprint density at radius 1 is 1.05 bits per heavy atom. The van der Waals surface area contributed by atoms with Crippen molar-refractivity contribution in [2.45, 2.75) is 13.8 Å². The molecule has 0 unspecified atom stereocenters. The third-order valence-electron chi connectivity index (χ3n) is 2.31. The lowest BCUT2D eigenvalue weighted by Crippen LogP contribution is -2.21. The second kappa shape index (κ2) is 5.67. The van der Waals surface area contributed by atoms with E-state index < -0.39 is 6.03 Å². The van der Waals surface area contributed by atoms with Gasteiger partial charge in [0, 0.05) is 22.1 Å². The van der Waals surface area contributed by atoms with Gasteiger partial charge in [-0.1, -0.05) is 11.6 Å². The molecule has 0 radical (unpaired) electrons. The van der Waals surface area contributed by atoms with E-state index in [0.717, 1.165) is 11.4 Å². The molecule has 0 aliphatic carbocycles. The molecule has 0 saturated carbocycles. The minimum absolute atomic E-state index is 0.281. The number of urea groups is 1. The maximum absolute atomic E-state index is 11.8. The van der Waals surface area contributed by atoms with Gasteiger partial charge in [0.15, 0.2) is 0 Å². The van der Waals surface area contributed by atoms with Gasteiger partial charge >= 0.3 is 6.03 Å². The predicted octanol–water partition coefficient (Wildman–Crippen LogP) is 3.39. The highest BCUT2D eigenvalue weighted by Crippen LogP contribution is 2.13. The number of aryl methyl sites for hydroxylation is 2. The second-order valence-corrected chi connectivity index (χ2v) is 4.50. The molecule has 6 heteroatoms. The Hall–Kier alpha value is -2.14. The first-order valence-corrected chi connectivity index (χ1v) is 6.06. The highest BCUT2D eigenvalue weighted by Gasteiger charge is 2.05. The van der Waals surface area contributed by atoms with Crippen LogP contribution in [0, 0.1) is 13.8 Å². The molecule has 0 aliphatic heterocycles. The van der Waals surface area contributed by atoms with Crippen molar-refractivity contribution in [2.75, 3.05) is 10.6 Å². The van der Waals surface area contributed by atoms with E-state index in [1.165, 1.54) is 0 Å². The second-order valence-electron chi connectivity index (χ2n) is 4.06. The Morgan fingerprint density at radius 3 is 2.21 bits per heavy atom. The van der Waals surface area contributed by atoms with Crippen LogP contribution in [0.4, 0.5) is 16.4 Å². The molecule has 2 aromatic rings. The number of nitrogens with zero attached hydrogens (tertiary/aromatic N) is 2. The zero-order valence-corrected chi connectivity index (χ0v) is 11.3. The Balaban J connectivity index is 2.03. The van der Waals surface area contributed by atoms with Gasteiger partial charge in [0.05, 0.1) is 0 Å². The molecule has 0 bridgehead atoms. The molecule has 0 aliphatic rings. The fourth-order valence-electron chi connectivity index (χ4n) is 1.58. The minimum Gasteiger partial charge on any atom is -0.308 e. The number of anilines is 2. The summed E-state index contributed by atoms with van der Waals surface area (Å²) in [6, 6.07) is 8.26. The van der Waals surface area contributed by atoms with Crippen molar-refractivity contribution in [1.29, 1.82) is 0 Å². The van der Waals surface area contributed by atoms with Crippen molar-refractivity contribution in [3.63, 3.8) is 0 Å². The van der Waals surface area contributed by atoms with Gasteiger partial charge in [-0.15, -0.1) is 0 Å². The van der Waals surface area contributed by atoms with Crippen molar-refractivity contribution in [1.82, 2.24) is 9.97 Å². The minimum atomic E-state index is -0.396. The first-order valence-electron chi connectivity index (χ1n) is 5.69. The van der Waals surface area contributed by atoms with Gasteiger partial charge in [-0.25, -0.2) is 14.8 Å². The first kappa shape index (κ1) is 13.3. The summed E-state index contributed by atoms with van der Waals surface area (Å²) in [5.74, 6) is 0.281. The zero-order chi connectivity index (χ0) is 13.8. The van der Waals surface area contributed by atoms with Crippen LogP contribution in [0.25, 0.3) is 0 Å². The van der Waals surface area contributed by atoms with E-state index >= 15 is 0 Å². The van der Waals surface area contributed by atoms with E-state index in [-0.39, 0.29) is 5.95 Å². The lowest BCUT2D eigenvalue weighted by molar-refractivity contribution is 0.262. The Labute approximate surface area is 116 Å². The standard InChI is InChI=1S/C13H13ClN4O/c1-8-7-9(2)16-12(15-8)18-13(19)17-11-5-3-10(14)4-6-11/h3-7H,1-2H3,(H2,15,16,17,18,19). The van der Waals surface area contributed by atoms with Gasteiger partial charge < -0.3 is 5.32 Å². The largest absolute Gasteiger partial charge is 0.326 e. The Morgan fingerprint density at radius 2 is 1.63 bits per heavy atom. The molecule has 0 saturated heterocycles. The Bertz CT molecular complexity index is 578. The van der Waals surface area contributed by atoms with Crippen molar-refractivity contribution < 1.29 is 4.79 Å². The van der Waals surface area contributed by atoms with E-state index in [4.69, 9.17) is 11.6 Å². The number of rotatable bonds is 2. The van der Waals surface area contributed by atoms with Crippen LogP contribution in [0.3, 0.4) is 0 Å². The predicted molar refractivity (Wildman–Crippen MR) is 75.6 cm³/mol. The molecule has 98 valence electrons. The van der Waals surface area contributed by atoms with Crippen molar-refractivity contribution in [2.24, 2.45) is 0 Å². The summed E-state index contributed by atoms with van der Waals surface area (Å²) in [7, 11) is 0. The number of aromatic nitrogens is 2. The average Bonchev–Trinajstić information content (AvgIpc) is 2.30. The molecule has 2 N–H and O–H groups in total. The smallest absolute Gasteiger partial charge is 0.308 e. The monoisotopic (exact) mass is 276 g/mol. The van der Waals surface area contributed by atoms with E-state index in [9.17, 15) is 4.79 Å².